The number of hydrogen-bond donors (Lipinski definition) is 2. The van der Waals surface area contributed by atoms with Crippen LogP contribution in [0.1, 0.15) is 13.3 Å². The first kappa shape index (κ1) is 12.9. The predicted octanol–water partition coefficient (Wildman–Crippen LogP) is 2.28. The molecule has 1 atom stereocenters. The lowest BCUT2D eigenvalue weighted by molar-refractivity contribution is -0.123. The molecule has 1 saturated heterocycles. The second-order valence-corrected chi connectivity index (χ2v) is 5.39. The maximum Gasteiger partial charge on any atom is 0.231 e. The van der Waals surface area contributed by atoms with Gasteiger partial charge in [0.15, 0.2) is 12.2 Å². The highest BCUT2D eigenvalue weighted by Gasteiger charge is 2.36. The molecule has 1 fully saturated rings. The Kier molecular flexibility index (Phi) is 3.28. The molecule has 2 aromatic rings. The van der Waals surface area contributed by atoms with Gasteiger partial charge in [0, 0.05) is 17.8 Å². The molecule has 1 amide bonds. The molecule has 20 heavy (non-hydrogen) atoms. The van der Waals surface area contributed by atoms with Gasteiger partial charge < -0.3 is 15.1 Å². The summed E-state index contributed by atoms with van der Waals surface area (Å²) in [6, 6.07) is 7.59. The van der Waals surface area contributed by atoms with Crippen LogP contribution in [0.3, 0.4) is 0 Å². The Morgan fingerprint density at radius 1 is 1.50 bits per heavy atom. The van der Waals surface area contributed by atoms with E-state index in [1.54, 1.807) is 6.20 Å². The second kappa shape index (κ2) is 5.09. The largest absolute Gasteiger partial charge is 0.444 e. The number of hydrogen-bond acceptors (Lipinski definition) is 4. The van der Waals surface area contributed by atoms with E-state index in [0.717, 1.165) is 30.8 Å². The normalized spacial score (nSPS) is 21.9. The van der Waals surface area contributed by atoms with Gasteiger partial charge >= 0.3 is 0 Å². The number of benzene rings is 1. The first-order valence-corrected chi connectivity index (χ1v) is 6.68. The van der Waals surface area contributed by atoms with E-state index >= 15 is 0 Å². The molecule has 1 unspecified atom stereocenters. The Labute approximate surface area is 117 Å². The first-order chi connectivity index (χ1) is 9.67. The summed E-state index contributed by atoms with van der Waals surface area (Å²) in [7, 11) is 0. The zero-order valence-electron chi connectivity index (χ0n) is 11.3. The Hall–Kier alpha value is -2.14. The molecule has 1 aliphatic rings. The van der Waals surface area contributed by atoms with Crippen molar-refractivity contribution in [2.45, 2.75) is 13.3 Å². The van der Waals surface area contributed by atoms with Crippen LogP contribution >= 0.6 is 0 Å². The highest BCUT2D eigenvalue weighted by atomic mass is 16.3. The van der Waals surface area contributed by atoms with Crippen LogP contribution < -0.4 is 10.6 Å². The Balaban J connectivity index is 1.78. The van der Waals surface area contributed by atoms with Gasteiger partial charge in [0.1, 0.15) is 0 Å². The lowest BCUT2D eigenvalue weighted by atomic mass is 9.88. The van der Waals surface area contributed by atoms with Gasteiger partial charge in [-0.05, 0) is 32.0 Å². The summed E-state index contributed by atoms with van der Waals surface area (Å²) in [6.45, 7) is 3.60. The van der Waals surface area contributed by atoms with E-state index in [-0.39, 0.29) is 11.3 Å². The fourth-order valence-corrected chi connectivity index (χ4v) is 2.40. The average Bonchev–Trinajstić information content (AvgIpc) is 3.11. The van der Waals surface area contributed by atoms with Gasteiger partial charge in [-0.25, -0.2) is 4.98 Å². The fourth-order valence-electron chi connectivity index (χ4n) is 2.40. The van der Waals surface area contributed by atoms with Crippen LogP contribution in [0.4, 0.5) is 5.69 Å². The van der Waals surface area contributed by atoms with Gasteiger partial charge in [-0.15, -0.1) is 0 Å². The quantitative estimate of drug-likeness (QED) is 0.898. The van der Waals surface area contributed by atoms with E-state index in [4.69, 9.17) is 4.42 Å². The number of carbonyl (C=O) groups excluding carboxylic acids is 1. The molecule has 0 radical (unpaired) electrons. The Bertz CT molecular complexity index is 601. The SMILES string of the molecule is CC1(C(=O)Nc2cccc(-c3cnco3)c2)CCNC1. The minimum Gasteiger partial charge on any atom is -0.444 e. The van der Waals surface area contributed by atoms with Crippen molar-refractivity contribution in [2.24, 2.45) is 5.41 Å². The van der Waals surface area contributed by atoms with Crippen LogP contribution in [0.2, 0.25) is 0 Å². The third kappa shape index (κ3) is 2.44. The first-order valence-electron chi connectivity index (χ1n) is 6.68. The Morgan fingerprint density at radius 2 is 2.40 bits per heavy atom. The van der Waals surface area contributed by atoms with Gasteiger partial charge in [0.05, 0.1) is 11.6 Å². The summed E-state index contributed by atoms with van der Waals surface area (Å²) >= 11 is 0. The summed E-state index contributed by atoms with van der Waals surface area (Å²) in [5, 5.41) is 6.21. The minimum absolute atomic E-state index is 0.0530. The molecule has 1 aliphatic heterocycles. The third-order valence-corrected chi connectivity index (χ3v) is 3.75. The number of nitrogens with one attached hydrogen (secondary N) is 2. The van der Waals surface area contributed by atoms with E-state index in [0.29, 0.717) is 5.76 Å². The lowest BCUT2D eigenvalue weighted by Gasteiger charge is -2.21. The summed E-state index contributed by atoms with van der Waals surface area (Å²) in [6.07, 6.45) is 3.91. The van der Waals surface area contributed by atoms with Crippen molar-refractivity contribution in [1.82, 2.24) is 10.3 Å². The van der Waals surface area contributed by atoms with Gasteiger partial charge in [-0.2, -0.15) is 0 Å². The molecule has 0 bridgehead atoms. The van der Waals surface area contributed by atoms with Gasteiger partial charge in [-0.1, -0.05) is 12.1 Å². The van der Waals surface area contributed by atoms with Crippen LogP contribution in [0, 0.1) is 5.41 Å². The molecule has 0 saturated carbocycles. The van der Waals surface area contributed by atoms with Crippen molar-refractivity contribution < 1.29 is 9.21 Å². The van der Waals surface area contributed by atoms with E-state index in [1.807, 2.05) is 31.2 Å². The average molecular weight is 271 g/mol. The van der Waals surface area contributed by atoms with Crippen LogP contribution in [0.5, 0.6) is 0 Å². The number of anilines is 1. The van der Waals surface area contributed by atoms with E-state index in [1.165, 1.54) is 6.39 Å². The molecule has 5 heteroatoms. The standard InChI is InChI=1S/C15H17N3O2/c1-15(5-6-16-9-15)14(19)18-12-4-2-3-11(7-12)13-8-17-10-20-13/h2-4,7-8,10,16H,5-6,9H2,1H3,(H,18,19). The highest BCUT2D eigenvalue weighted by molar-refractivity contribution is 5.96. The summed E-state index contributed by atoms with van der Waals surface area (Å²) in [4.78, 5) is 16.2. The van der Waals surface area contributed by atoms with Crippen LogP contribution in [0.15, 0.2) is 41.3 Å². The van der Waals surface area contributed by atoms with Crippen molar-refractivity contribution >= 4 is 11.6 Å². The summed E-state index contributed by atoms with van der Waals surface area (Å²) < 4.78 is 5.27. The number of aromatic nitrogens is 1. The third-order valence-electron chi connectivity index (χ3n) is 3.75. The zero-order valence-corrected chi connectivity index (χ0v) is 11.3. The monoisotopic (exact) mass is 271 g/mol. The van der Waals surface area contributed by atoms with Crippen molar-refractivity contribution in [1.29, 1.82) is 0 Å². The molecule has 104 valence electrons. The zero-order chi connectivity index (χ0) is 14.0. The minimum atomic E-state index is -0.331. The fraction of sp³-hybridized carbons (Fsp3) is 0.333. The maximum absolute atomic E-state index is 12.3. The number of rotatable bonds is 3. The lowest BCUT2D eigenvalue weighted by Crippen LogP contribution is -2.35. The molecule has 1 aromatic heterocycles. The molecule has 1 aromatic carbocycles. The maximum atomic E-state index is 12.3. The molecule has 3 rings (SSSR count). The van der Waals surface area contributed by atoms with Crippen molar-refractivity contribution in [3.63, 3.8) is 0 Å². The molecule has 2 heterocycles. The van der Waals surface area contributed by atoms with Gasteiger partial charge in [-0.3, -0.25) is 4.79 Å². The molecule has 0 spiro atoms. The topological polar surface area (TPSA) is 67.2 Å². The van der Waals surface area contributed by atoms with Crippen molar-refractivity contribution in [2.75, 3.05) is 18.4 Å². The molecular formula is C15H17N3O2. The second-order valence-electron chi connectivity index (χ2n) is 5.39. The van der Waals surface area contributed by atoms with E-state index in [9.17, 15) is 4.79 Å². The van der Waals surface area contributed by atoms with E-state index in [2.05, 4.69) is 15.6 Å². The van der Waals surface area contributed by atoms with Gasteiger partial charge in [0.2, 0.25) is 5.91 Å². The summed E-state index contributed by atoms with van der Waals surface area (Å²) in [5.74, 6) is 0.743. The molecule has 2 N–H and O–H groups in total. The number of oxazole rings is 1. The Morgan fingerprint density at radius 3 is 3.10 bits per heavy atom. The number of amides is 1. The molecule has 5 nitrogen and oxygen atoms in total. The smallest absolute Gasteiger partial charge is 0.231 e. The van der Waals surface area contributed by atoms with E-state index < -0.39 is 0 Å². The highest BCUT2D eigenvalue weighted by Crippen LogP contribution is 2.28. The van der Waals surface area contributed by atoms with Crippen LogP contribution in [-0.2, 0) is 4.79 Å². The van der Waals surface area contributed by atoms with Crippen LogP contribution in [0.25, 0.3) is 11.3 Å². The van der Waals surface area contributed by atoms with Crippen molar-refractivity contribution in [3.05, 3.63) is 36.9 Å². The number of carbonyl (C=O) groups is 1. The predicted molar refractivity (Wildman–Crippen MR) is 76.2 cm³/mol. The van der Waals surface area contributed by atoms with Gasteiger partial charge in [0.25, 0.3) is 0 Å². The summed E-state index contributed by atoms with van der Waals surface area (Å²) in [5.41, 5.74) is 1.34. The number of nitrogens with zero attached hydrogens (tertiary/aromatic N) is 1. The molecular weight excluding hydrogens is 254 g/mol. The van der Waals surface area contributed by atoms with Crippen molar-refractivity contribution in [3.8, 4) is 11.3 Å². The molecule has 0 aliphatic carbocycles. The van der Waals surface area contributed by atoms with Crippen LogP contribution in [-0.4, -0.2) is 24.0 Å².